The number of likely N-dealkylation sites (tertiary alicyclic amines) is 1. The van der Waals surface area contributed by atoms with Crippen molar-refractivity contribution in [2.24, 2.45) is 4.99 Å². The Labute approximate surface area is 134 Å². The molecule has 0 aromatic rings. The molecule has 22 heavy (non-hydrogen) atoms. The second-order valence-electron chi connectivity index (χ2n) is 6.74. The van der Waals surface area contributed by atoms with Gasteiger partial charge in [-0.3, -0.25) is 9.89 Å². The smallest absolute Gasteiger partial charge is 0.191 e. The quantitative estimate of drug-likeness (QED) is 0.470. The van der Waals surface area contributed by atoms with E-state index in [9.17, 15) is 0 Å². The third-order valence-electron chi connectivity index (χ3n) is 5.36. The lowest BCUT2D eigenvalue weighted by atomic mass is 9.88. The Hall–Kier alpha value is -1.07. The Morgan fingerprint density at radius 2 is 1.91 bits per heavy atom. The zero-order valence-electron chi connectivity index (χ0n) is 13.8. The number of guanidine groups is 1. The number of nitrogens with one attached hydrogen (secondary N) is 2. The zero-order chi connectivity index (χ0) is 15.3. The number of rotatable bonds is 4. The largest absolute Gasteiger partial charge is 0.381 e. The van der Waals surface area contributed by atoms with E-state index in [1.165, 1.54) is 25.9 Å². The fourth-order valence-electron chi connectivity index (χ4n) is 3.92. The molecule has 124 valence electrons. The van der Waals surface area contributed by atoms with Crippen molar-refractivity contribution >= 4 is 5.96 Å². The number of hydrogen-bond acceptors (Lipinski definition) is 3. The van der Waals surface area contributed by atoms with Crippen LogP contribution in [-0.2, 0) is 4.74 Å². The molecule has 3 rings (SSSR count). The van der Waals surface area contributed by atoms with E-state index in [0.29, 0.717) is 6.04 Å². The summed E-state index contributed by atoms with van der Waals surface area (Å²) < 4.78 is 5.62. The Bertz CT molecular complexity index is 401. The van der Waals surface area contributed by atoms with Gasteiger partial charge in [0.2, 0.25) is 0 Å². The van der Waals surface area contributed by atoms with E-state index >= 15 is 0 Å². The molecule has 0 bridgehead atoms. The van der Waals surface area contributed by atoms with Crippen LogP contribution in [0.3, 0.4) is 0 Å². The lowest BCUT2D eigenvalue weighted by Crippen LogP contribution is -2.59. The summed E-state index contributed by atoms with van der Waals surface area (Å²) in [5, 5.41) is 7.14. The molecule has 2 N–H and O–H groups in total. The summed E-state index contributed by atoms with van der Waals surface area (Å²) >= 11 is 0. The van der Waals surface area contributed by atoms with Crippen molar-refractivity contribution in [3.8, 4) is 0 Å². The molecule has 3 aliphatic rings. The van der Waals surface area contributed by atoms with Crippen LogP contribution >= 0.6 is 0 Å². The van der Waals surface area contributed by atoms with Crippen molar-refractivity contribution in [1.29, 1.82) is 0 Å². The lowest BCUT2D eigenvalue weighted by Gasteiger charge is -2.45. The van der Waals surface area contributed by atoms with E-state index in [1.807, 2.05) is 7.05 Å². The average molecular weight is 306 g/mol. The molecular weight excluding hydrogens is 276 g/mol. The first-order valence-electron chi connectivity index (χ1n) is 8.77. The van der Waals surface area contributed by atoms with Gasteiger partial charge in [-0.1, -0.05) is 12.2 Å². The van der Waals surface area contributed by atoms with Crippen LogP contribution in [0.25, 0.3) is 0 Å². The molecule has 0 amide bonds. The molecule has 1 aliphatic carbocycles. The normalized spacial score (nSPS) is 26.5. The molecule has 2 saturated heterocycles. The first-order valence-corrected chi connectivity index (χ1v) is 8.77. The van der Waals surface area contributed by atoms with Crippen LogP contribution in [0.2, 0.25) is 0 Å². The van der Waals surface area contributed by atoms with Gasteiger partial charge in [0.25, 0.3) is 0 Å². The highest BCUT2D eigenvalue weighted by Crippen LogP contribution is 2.30. The van der Waals surface area contributed by atoms with Gasteiger partial charge in [-0.25, -0.2) is 0 Å². The molecular formula is C17H30N4O. The molecule has 2 aliphatic heterocycles. The van der Waals surface area contributed by atoms with E-state index in [4.69, 9.17) is 4.74 Å². The Morgan fingerprint density at radius 3 is 2.55 bits per heavy atom. The van der Waals surface area contributed by atoms with Crippen LogP contribution in [0.5, 0.6) is 0 Å². The summed E-state index contributed by atoms with van der Waals surface area (Å²) in [6.07, 6.45) is 11.6. The molecule has 0 saturated carbocycles. The van der Waals surface area contributed by atoms with E-state index in [0.717, 1.165) is 51.4 Å². The minimum absolute atomic E-state index is 0.250. The van der Waals surface area contributed by atoms with Gasteiger partial charge in [0.15, 0.2) is 5.96 Å². The predicted molar refractivity (Wildman–Crippen MR) is 90.3 cm³/mol. The van der Waals surface area contributed by atoms with E-state index in [2.05, 4.69) is 32.7 Å². The van der Waals surface area contributed by atoms with Crippen molar-refractivity contribution in [2.75, 3.05) is 39.9 Å². The fraction of sp³-hybridized carbons (Fsp3) is 0.824. The molecule has 0 aromatic heterocycles. The van der Waals surface area contributed by atoms with Crippen molar-refractivity contribution in [3.05, 3.63) is 12.2 Å². The Kier molecular flexibility index (Phi) is 5.37. The maximum atomic E-state index is 5.62. The molecule has 0 atom stereocenters. The summed E-state index contributed by atoms with van der Waals surface area (Å²) in [6.45, 7) is 5.21. The van der Waals surface area contributed by atoms with Gasteiger partial charge in [0.05, 0.1) is 0 Å². The van der Waals surface area contributed by atoms with E-state index < -0.39 is 0 Å². The van der Waals surface area contributed by atoms with Crippen LogP contribution in [0.15, 0.2) is 17.1 Å². The molecule has 5 heteroatoms. The van der Waals surface area contributed by atoms with Gasteiger partial charge >= 0.3 is 0 Å². The van der Waals surface area contributed by atoms with Gasteiger partial charge in [-0.15, -0.1) is 0 Å². The molecule has 2 heterocycles. The summed E-state index contributed by atoms with van der Waals surface area (Å²) in [5.74, 6) is 0.943. The minimum Gasteiger partial charge on any atom is -0.381 e. The van der Waals surface area contributed by atoms with Crippen molar-refractivity contribution in [3.63, 3.8) is 0 Å². The van der Waals surface area contributed by atoms with Gasteiger partial charge in [-0.2, -0.15) is 0 Å². The van der Waals surface area contributed by atoms with Crippen molar-refractivity contribution in [2.45, 2.75) is 50.1 Å². The van der Waals surface area contributed by atoms with E-state index in [1.54, 1.807) is 0 Å². The van der Waals surface area contributed by atoms with Gasteiger partial charge < -0.3 is 15.4 Å². The van der Waals surface area contributed by atoms with Crippen molar-refractivity contribution in [1.82, 2.24) is 15.5 Å². The number of nitrogens with zero attached hydrogens (tertiary/aromatic N) is 2. The molecule has 0 aromatic carbocycles. The number of hydrogen-bond donors (Lipinski definition) is 2. The van der Waals surface area contributed by atoms with Gasteiger partial charge in [0.1, 0.15) is 0 Å². The highest BCUT2D eigenvalue weighted by Gasteiger charge is 2.39. The lowest BCUT2D eigenvalue weighted by molar-refractivity contribution is -0.0164. The monoisotopic (exact) mass is 306 g/mol. The first-order chi connectivity index (χ1) is 10.8. The maximum Gasteiger partial charge on any atom is 0.191 e. The summed E-state index contributed by atoms with van der Waals surface area (Å²) in [7, 11) is 1.87. The summed E-state index contributed by atoms with van der Waals surface area (Å²) in [5.41, 5.74) is 0.250. The fourth-order valence-corrected chi connectivity index (χ4v) is 3.92. The molecule has 0 spiro atoms. The predicted octanol–water partition coefficient (Wildman–Crippen LogP) is 1.51. The summed E-state index contributed by atoms with van der Waals surface area (Å²) in [4.78, 5) is 7.10. The standard InChI is InChI=1S/C17H30N4O/c1-18-16(20-15-6-2-3-7-15)19-14-17(8-12-22-13-9-17)21-10-4-5-11-21/h2-3,15H,4-14H2,1H3,(H2,18,19,20). The average Bonchev–Trinajstić information content (AvgIpc) is 3.26. The third kappa shape index (κ3) is 3.63. The molecule has 0 unspecified atom stereocenters. The van der Waals surface area contributed by atoms with Gasteiger partial charge in [0, 0.05) is 38.4 Å². The summed E-state index contributed by atoms with van der Waals surface area (Å²) in [6, 6.07) is 0.503. The highest BCUT2D eigenvalue weighted by molar-refractivity contribution is 5.80. The first kappa shape index (κ1) is 15.8. The second kappa shape index (κ2) is 7.47. The van der Waals surface area contributed by atoms with E-state index in [-0.39, 0.29) is 5.54 Å². The minimum atomic E-state index is 0.250. The Morgan fingerprint density at radius 1 is 1.23 bits per heavy atom. The molecule has 2 fully saturated rings. The molecule has 0 radical (unpaired) electrons. The topological polar surface area (TPSA) is 48.9 Å². The van der Waals surface area contributed by atoms with Crippen LogP contribution < -0.4 is 10.6 Å². The maximum absolute atomic E-state index is 5.62. The van der Waals surface area contributed by atoms with Crippen molar-refractivity contribution < 1.29 is 4.74 Å². The van der Waals surface area contributed by atoms with Crippen LogP contribution in [0.4, 0.5) is 0 Å². The third-order valence-corrected chi connectivity index (χ3v) is 5.36. The Balaban J connectivity index is 1.57. The van der Waals surface area contributed by atoms with Crippen LogP contribution in [0, 0.1) is 0 Å². The second-order valence-corrected chi connectivity index (χ2v) is 6.74. The number of ether oxygens (including phenoxy) is 1. The van der Waals surface area contributed by atoms with Gasteiger partial charge in [-0.05, 0) is 51.6 Å². The molecule has 5 nitrogen and oxygen atoms in total. The SMILES string of the molecule is CN=C(NCC1(N2CCCC2)CCOCC1)NC1CC=CC1. The van der Waals surface area contributed by atoms with Crippen LogP contribution in [-0.4, -0.2) is 62.3 Å². The zero-order valence-corrected chi connectivity index (χ0v) is 13.8. The number of aliphatic imine (C=N–C) groups is 1. The van der Waals surface area contributed by atoms with Crippen LogP contribution in [0.1, 0.15) is 38.5 Å². The highest BCUT2D eigenvalue weighted by atomic mass is 16.5.